The first-order valence-electron chi connectivity index (χ1n) is 8.49. The van der Waals surface area contributed by atoms with E-state index in [1.165, 1.54) is 17.7 Å². The lowest BCUT2D eigenvalue weighted by Crippen LogP contribution is -2.37. The normalized spacial score (nSPS) is 19.4. The van der Waals surface area contributed by atoms with E-state index in [0.29, 0.717) is 11.9 Å². The number of carbonyl (C=O) groups is 1. The molecule has 1 amide bonds. The summed E-state index contributed by atoms with van der Waals surface area (Å²) in [7, 11) is 1.74. The number of pyridine rings is 1. The highest BCUT2D eigenvalue weighted by Gasteiger charge is 2.29. The second kappa shape index (κ2) is 7.30. The Morgan fingerprint density at radius 3 is 2.83 bits per heavy atom. The van der Waals surface area contributed by atoms with E-state index in [9.17, 15) is 4.79 Å². The molecule has 1 aliphatic heterocycles. The molecule has 0 N–H and O–H groups in total. The van der Waals surface area contributed by atoms with Crippen molar-refractivity contribution in [1.29, 1.82) is 0 Å². The number of ether oxygens (including phenoxy) is 1. The molecule has 1 aromatic rings. The maximum absolute atomic E-state index is 12.4. The Morgan fingerprint density at radius 1 is 1.43 bits per heavy atom. The van der Waals surface area contributed by atoms with E-state index < -0.39 is 5.60 Å². The number of nitrogens with zero attached hydrogens (tertiary/aromatic N) is 3. The third kappa shape index (κ3) is 4.44. The molecule has 23 heavy (non-hydrogen) atoms. The second-order valence-electron chi connectivity index (χ2n) is 7.10. The molecule has 128 valence electrons. The number of anilines is 1. The average molecular weight is 319 g/mol. The fourth-order valence-corrected chi connectivity index (χ4v) is 3.09. The molecule has 5 nitrogen and oxygen atoms in total. The van der Waals surface area contributed by atoms with Crippen LogP contribution in [0.2, 0.25) is 0 Å². The zero-order valence-corrected chi connectivity index (χ0v) is 15.0. The van der Waals surface area contributed by atoms with Crippen molar-refractivity contribution in [2.24, 2.45) is 0 Å². The van der Waals surface area contributed by atoms with Gasteiger partial charge in [0, 0.05) is 24.8 Å². The van der Waals surface area contributed by atoms with Gasteiger partial charge in [0.15, 0.2) is 0 Å². The fourth-order valence-electron chi connectivity index (χ4n) is 3.09. The minimum Gasteiger partial charge on any atom is -0.443 e. The Balaban J connectivity index is 2.28. The van der Waals surface area contributed by atoms with Crippen molar-refractivity contribution >= 4 is 11.9 Å². The van der Waals surface area contributed by atoms with E-state index in [-0.39, 0.29) is 6.09 Å². The van der Waals surface area contributed by atoms with Gasteiger partial charge in [-0.05, 0) is 52.8 Å². The Hall–Kier alpha value is -1.62. The molecule has 0 radical (unpaired) electrons. The van der Waals surface area contributed by atoms with Gasteiger partial charge in [0.1, 0.15) is 11.4 Å². The number of hydrogen-bond donors (Lipinski definition) is 0. The minimum absolute atomic E-state index is 0.322. The summed E-state index contributed by atoms with van der Waals surface area (Å²) in [6.45, 7) is 9.92. The summed E-state index contributed by atoms with van der Waals surface area (Å²) in [5, 5.41) is 0. The first-order valence-corrected chi connectivity index (χ1v) is 8.49. The molecule has 1 saturated heterocycles. The van der Waals surface area contributed by atoms with Crippen LogP contribution >= 0.6 is 0 Å². The van der Waals surface area contributed by atoms with Crippen molar-refractivity contribution < 1.29 is 9.53 Å². The predicted octanol–water partition coefficient (Wildman–Crippen LogP) is 4.00. The largest absolute Gasteiger partial charge is 0.443 e. The maximum Gasteiger partial charge on any atom is 0.415 e. The minimum atomic E-state index is -0.513. The summed E-state index contributed by atoms with van der Waals surface area (Å²) in [6.07, 6.45) is 4.93. The second-order valence-corrected chi connectivity index (χ2v) is 7.10. The van der Waals surface area contributed by atoms with Crippen LogP contribution in [0.3, 0.4) is 0 Å². The maximum atomic E-state index is 12.4. The van der Waals surface area contributed by atoms with Gasteiger partial charge in [0.05, 0.1) is 0 Å². The molecule has 2 rings (SSSR count). The fraction of sp³-hybridized carbons (Fsp3) is 0.667. The zero-order valence-electron chi connectivity index (χ0n) is 15.0. The van der Waals surface area contributed by atoms with E-state index >= 15 is 0 Å². The number of amides is 1. The molecule has 0 aliphatic carbocycles. The molecular weight excluding hydrogens is 290 g/mol. The van der Waals surface area contributed by atoms with Crippen molar-refractivity contribution in [3.8, 4) is 0 Å². The molecule has 1 fully saturated rings. The smallest absolute Gasteiger partial charge is 0.415 e. The van der Waals surface area contributed by atoms with E-state index in [1.54, 1.807) is 13.2 Å². The molecule has 1 aliphatic rings. The van der Waals surface area contributed by atoms with Gasteiger partial charge in [-0.15, -0.1) is 0 Å². The molecule has 2 heterocycles. The molecule has 0 unspecified atom stereocenters. The van der Waals surface area contributed by atoms with E-state index in [4.69, 9.17) is 4.74 Å². The van der Waals surface area contributed by atoms with Crippen molar-refractivity contribution in [2.75, 3.05) is 25.0 Å². The quantitative estimate of drug-likeness (QED) is 0.845. The van der Waals surface area contributed by atoms with Crippen LogP contribution in [0.1, 0.15) is 58.6 Å². The van der Waals surface area contributed by atoms with Gasteiger partial charge in [-0.2, -0.15) is 0 Å². The van der Waals surface area contributed by atoms with E-state index in [0.717, 1.165) is 25.1 Å². The summed E-state index contributed by atoms with van der Waals surface area (Å²) in [5.41, 5.74) is 0.600. The first kappa shape index (κ1) is 17.7. The van der Waals surface area contributed by atoms with Crippen LogP contribution in [0, 0.1) is 0 Å². The van der Waals surface area contributed by atoms with Crippen molar-refractivity contribution in [2.45, 2.75) is 58.6 Å². The number of likely N-dealkylation sites (tertiary alicyclic amines) is 1. The lowest BCUT2D eigenvalue weighted by atomic mass is 9.95. The van der Waals surface area contributed by atoms with Gasteiger partial charge >= 0.3 is 6.09 Å². The predicted molar refractivity (Wildman–Crippen MR) is 92.7 cm³/mol. The van der Waals surface area contributed by atoms with Crippen LogP contribution in [0.25, 0.3) is 0 Å². The molecule has 5 heteroatoms. The lowest BCUT2D eigenvalue weighted by Gasteiger charge is -2.36. The standard InChI is InChI=1S/C18H29N3O2/c1-6-21-13-8-7-11-15(21)14-10-9-12-19-16(14)20(5)17(22)23-18(2,3)4/h9-10,12,15H,6-8,11,13H2,1-5H3/t15-/m0/s1. The third-order valence-corrected chi connectivity index (χ3v) is 4.18. The highest BCUT2D eigenvalue weighted by molar-refractivity contribution is 5.87. The number of carbonyl (C=O) groups excluding carboxylic acids is 1. The SMILES string of the molecule is CCN1CCCC[C@H]1c1cccnc1N(C)C(=O)OC(C)(C)C. The molecule has 0 bridgehead atoms. The lowest BCUT2D eigenvalue weighted by molar-refractivity contribution is 0.0587. The molecule has 0 saturated carbocycles. The Kier molecular flexibility index (Phi) is 5.63. The summed E-state index contributed by atoms with van der Waals surface area (Å²) in [6, 6.07) is 4.36. The number of aromatic nitrogens is 1. The van der Waals surface area contributed by atoms with E-state index in [2.05, 4.69) is 22.9 Å². The molecule has 0 aromatic carbocycles. The van der Waals surface area contributed by atoms with Gasteiger partial charge in [0.25, 0.3) is 0 Å². The Morgan fingerprint density at radius 2 is 2.17 bits per heavy atom. The van der Waals surface area contributed by atoms with Crippen LogP contribution in [-0.4, -0.2) is 41.7 Å². The van der Waals surface area contributed by atoms with Gasteiger partial charge < -0.3 is 4.74 Å². The van der Waals surface area contributed by atoms with Gasteiger partial charge in [-0.3, -0.25) is 9.80 Å². The number of rotatable bonds is 3. The van der Waals surface area contributed by atoms with Crippen LogP contribution in [0.4, 0.5) is 10.6 Å². The zero-order chi connectivity index (χ0) is 17.0. The number of hydrogen-bond acceptors (Lipinski definition) is 4. The Labute approximate surface area is 139 Å². The van der Waals surface area contributed by atoms with Crippen molar-refractivity contribution in [1.82, 2.24) is 9.88 Å². The van der Waals surface area contributed by atoms with Crippen LogP contribution in [-0.2, 0) is 4.74 Å². The van der Waals surface area contributed by atoms with Crippen LogP contribution in [0.5, 0.6) is 0 Å². The number of piperidine rings is 1. The molecular formula is C18H29N3O2. The first-order chi connectivity index (χ1) is 10.8. The Bertz CT molecular complexity index is 539. The topological polar surface area (TPSA) is 45.7 Å². The van der Waals surface area contributed by atoms with Gasteiger partial charge in [0.2, 0.25) is 0 Å². The molecule has 1 atom stereocenters. The highest BCUT2D eigenvalue weighted by Crippen LogP contribution is 2.35. The summed E-state index contributed by atoms with van der Waals surface area (Å²) >= 11 is 0. The van der Waals surface area contributed by atoms with Crippen LogP contribution < -0.4 is 4.90 Å². The summed E-state index contributed by atoms with van der Waals surface area (Å²) in [4.78, 5) is 20.9. The van der Waals surface area contributed by atoms with Crippen LogP contribution in [0.15, 0.2) is 18.3 Å². The molecule has 1 aromatic heterocycles. The van der Waals surface area contributed by atoms with Crippen molar-refractivity contribution in [3.05, 3.63) is 23.9 Å². The average Bonchev–Trinajstić information content (AvgIpc) is 2.52. The van der Waals surface area contributed by atoms with Gasteiger partial charge in [-0.1, -0.05) is 19.4 Å². The molecule has 0 spiro atoms. The third-order valence-electron chi connectivity index (χ3n) is 4.18. The monoisotopic (exact) mass is 319 g/mol. The highest BCUT2D eigenvalue weighted by atomic mass is 16.6. The summed E-state index contributed by atoms with van der Waals surface area (Å²) < 4.78 is 5.48. The van der Waals surface area contributed by atoms with E-state index in [1.807, 2.05) is 26.8 Å². The summed E-state index contributed by atoms with van der Waals surface area (Å²) in [5.74, 6) is 0.701. The van der Waals surface area contributed by atoms with Gasteiger partial charge in [-0.25, -0.2) is 9.78 Å². The van der Waals surface area contributed by atoms with Crippen molar-refractivity contribution in [3.63, 3.8) is 0 Å².